The highest BCUT2D eigenvalue weighted by Crippen LogP contribution is 2.40. The lowest BCUT2D eigenvalue weighted by Crippen LogP contribution is -2.35. The number of carbonyl (C=O) groups excluding carboxylic acids is 2. The van der Waals surface area contributed by atoms with Gasteiger partial charge in [-0.1, -0.05) is 6.07 Å². The molecule has 1 aliphatic rings. The van der Waals surface area contributed by atoms with Gasteiger partial charge in [-0.2, -0.15) is 0 Å². The van der Waals surface area contributed by atoms with Crippen LogP contribution >= 0.6 is 0 Å². The third kappa shape index (κ3) is 3.81. The van der Waals surface area contributed by atoms with E-state index in [9.17, 15) is 24.8 Å². The zero-order chi connectivity index (χ0) is 24.7. The van der Waals surface area contributed by atoms with Crippen LogP contribution in [0.5, 0.6) is 0 Å². The van der Waals surface area contributed by atoms with E-state index in [1.165, 1.54) is 29.2 Å². The predicted octanol–water partition coefficient (Wildman–Crippen LogP) is 2.84. The molecule has 1 aliphatic heterocycles. The second-order valence-corrected chi connectivity index (χ2v) is 8.58. The molecule has 34 heavy (non-hydrogen) atoms. The second kappa shape index (κ2) is 8.71. The van der Waals surface area contributed by atoms with Crippen molar-refractivity contribution < 1.29 is 19.6 Å². The summed E-state index contributed by atoms with van der Waals surface area (Å²) in [6, 6.07) is 8.48. The fraction of sp³-hybridized carbons (Fsp3) is 0.292. The number of carbonyl (C=O) groups is 2. The Bertz CT molecular complexity index is 1340. The van der Waals surface area contributed by atoms with Gasteiger partial charge in [-0.05, 0) is 57.3 Å². The summed E-state index contributed by atoms with van der Waals surface area (Å²) in [4.78, 5) is 44.7. The van der Waals surface area contributed by atoms with E-state index < -0.39 is 22.7 Å². The van der Waals surface area contributed by atoms with Crippen molar-refractivity contribution in [2.75, 3.05) is 27.2 Å². The summed E-state index contributed by atoms with van der Waals surface area (Å²) >= 11 is 0. The highest BCUT2D eigenvalue weighted by molar-refractivity contribution is 6.46. The number of non-ortho nitro benzene ring substituents is 1. The zero-order valence-corrected chi connectivity index (χ0v) is 19.3. The highest BCUT2D eigenvalue weighted by Gasteiger charge is 2.46. The average Bonchev–Trinajstić information content (AvgIpc) is 3.26. The second-order valence-electron chi connectivity index (χ2n) is 8.58. The summed E-state index contributed by atoms with van der Waals surface area (Å²) in [6.45, 7) is 4.35. The Labute approximate surface area is 195 Å². The molecule has 0 aliphatic carbocycles. The molecule has 0 bridgehead atoms. The van der Waals surface area contributed by atoms with E-state index in [0.29, 0.717) is 29.1 Å². The van der Waals surface area contributed by atoms with Gasteiger partial charge in [0, 0.05) is 31.4 Å². The first-order valence-corrected chi connectivity index (χ1v) is 10.7. The van der Waals surface area contributed by atoms with Crippen LogP contribution in [-0.2, 0) is 9.59 Å². The van der Waals surface area contributed by atoms with Gasteiger partial charge in [0.25, 0.3) is 17.4 Å². The molecule has 1 amide bonds. The van der Waals surface area contributed by atoms with Crippen molar-refractivity contribution in [2.24, 2.45) is 0 Å². The SMILES string of the molecule is Cc1nc2c(C)cccn2c1C(O)=C1C(=O)C(=O)N(CCN(C)C)[C@H]1c1ccc([N+](=O)[O-])cc1. The maximum atomic E-state index is 13.2. The van der Waals surface area contributed by atoms with E-state index in [1.54, 1.807) is 17.5 Å². The van der Waals surface area contributed by atoms with Crippen LogP contribution < -0.4 is 0 Å². The standard InChI is InChI=1S/C24H25N5O5/c1-14-6-5-11-27-19(15(2)25-23(14)27)21(30)18-20(16-7-9-17(10-8-16)29(33)34)28(13-12-26(3)4)24(32)22(18)31/h5-11,20,30H,12-13H2,1-4H3/t20-/m0/s1. The van der Waals surface area contributed by atoms with Crippen LogP contribution in [0.4, 0.5) is 5.69 Å². The molecule has 1 N–H and O–H groups in total. The maximum absolute atomic E-state index is 13.2. The van der Waals surface area contributed by atoms with E-state index in [1.807, 2.05) is 38.1 Å². The number of nitro benzene ring substituents is 1. The molecule has 3 heterocycles. The van der Waals surface area contributed by atoms with Gasteiger partial charge in [-0.25, -0.2) is 4.98 Å². The number of hydrogen-bond donors (Lipinski definition) is 1. The molecule has 0 radical (unpaired) electrons. The third-order valence-electron chi connectivity index (χ3n) is 5.99. The lowest BCUT2D eigenvalue weighted by Gasteiger charge is -2.26. The van der Waals surface area contributed by atoms with E-state index in [0.717, 1.165) is 5.56 Å². The summed E-state index contributed by atoms with van der Waals surface area (Å²) in [6.07, 6.45) is 1.74. The van der Waals surface area contributed by atoms with Gasteiger partial charge in [0.05, 0.1) is 22.2 Å². The molecule has 1 aromatic carbocycles. The fourth-order valence-corrected chi connectivity index (χ4v) is 4.27. The molecule has 2 aromatic heterocycles. The molecule has 1 saturated heterocycles. The quantitative estimate of drug-likeness (QED) is 0.196. The van der Waals surface area contributed by atoms with Crippen LogP contribution in [-0.4, -0.2) is 68.1 Å². The van der Waals surface area contributed by atoms with Crippen molar-refractivity contribution in [2.45, 2.75) is 19.9 Å². The zero-order valence-electron chi connectivity index (χ0n) is 19.3. The van der Waals surface area contributed by atoms with Crippen molar-refractivity contribution in [3.63, 3.8) is 0 Å². The summed E-state index contributed by atoms with van der Waals surface area (Å²) in [5.74, 6) is -1.86. The number of rotatable bonds is 6. The van der Waals surface area contributed by atoms with Crippen LogP contribution in [0.1, 0.15) is 28.6 Å². The topological polar surface area (TPSA) is 121 Å². The number of aromatic nitrogens is 2. The van der Waals surface area contributed by atoms with Crippen LogP contribution in [0.2, 0.25) is 0 Å². The number of amides is 1. The molecule has 4 rings (SSSR count). The molecule has 10 heteroatoms. The molecule has 10 nitrogen and oxygen atoms in total. The molecule has 1 atom stereocenters. The van der Waals surface area contributed by atoms with Crippen molar-refractivity contribution in [3.05, 3.63) is 80.8 Å². The minimum Gasteiger partial charge on any atom is -0.505 e. The summed E-state index contributed by atoms with van der Waals surface area (Å²) in [7, 11) is 3.70. The number of imidazole rings is 1. The molecule has 3 aromatic rings. The Morgan fingerprint density at radius 3 is 2.47 bits per heavy atom. The number of aliphatic hydroxyl groups excluding tert-OH is 1. The molecular formula is C24H25N5O5. The van der Waals surface area contributed by atoms with Crippen LogP contribution in [0.25, 0.3) is 11.4 Å². The van der Waals surface area contributed by atoms with Gasteiger partial charge < -0.3 is 14.9 Å². The van der Waals surface area contributed by atoms with Crippen molar-refractivity contribution in [3.8, 4) is 0 Å². The van der Waals surface area contributed by atoms with Crippen molar-refractivity contribution >= 4 is 28.8 Å². The van der Waals surface area contributed by atoms with Gasteiger partial charge in [-0.15, -0.1) is 0 Å². The number of fused-ring (bicyclic) bond motifs is 1. The lowest BCUT2D eigenvalue weighted by atomic mass is 9.96. The van der Waals surface area contributed by atoms with E-state index in [-0.39, 0.29) is 23.6 Å². The van der Waals surface area contributed by atoms with Gasteiger partial charge in [-0.3, -0.25) is 24.1 Å². The monoisotopic (exact) mass is 463 g/mol. The fourth-order valence-electron chi connectivity index (χ4n) is 4.27. The third-order valence-corrected chi connectivity index (χ3v) is 5.99. The normalized spacial score (nSPS) is 17.8. The smallest absolute Gasteiger partial charge is 0.295 e. The number of Topliss-reactive ketones (excluding diaryl/α,β-unsaturated/α-hetero) is 1. The summed E-state index contributed by atoms with van der Waals surface area (Å²) in [5.41, 5.74) is 2.68. The first-order chi connectivity index (χ1) is 16.1. The molecule has 176 valence electrons. The predicted molar refractivity (Wildman–Crippen MR) is 125 cm³/mol. The molecule has 0 unspecified atom stereocenters. The number of likely N-dealkylation sites (N-methyl/N-ethyl adjacent to an activating group) is 1. The van der Waals surface area contributed by atoms with Crippen molar-refractivity contribution in [1.29, 1.82) is 0 Å². The van der Waals surface area contributed by atoms with E-state index in [4.69, 9.17) is 0 Å². The van der Waals surface area contributed by atoms with E-state index in [2.05, 4.69) is 4.98 Å². The van der Waals surface area contributed by atoms with Crippen LogP contribution in [0.15, 0.2) is 48.2 Å². The number of pyridine rings is 1. The highest BCUT2D eigenvalue weighted by atomic mass is 16.6. The Hall–Kier alpha value is -4.05. The summed E-state index contributed by atoms with van der Waals surface area (Å²) in [5, 5.41) is 22.6. The van der Waals surface area contributed by atoms with Gasteiger partial charge in [0.15, 0.2) is 5.76 Å². The largest absolute Gasteiger partial charge is 0.505 e. The maximum Gasteiger partial charge on any atom is 0.295 e. The minimum absolute atomic E-state index is 0.0657. The van der Waals surface area contributed by atoms with Gasteiger partial charge in [0.1, 0.15) is 11.3 Å². The van der Waals surface area contributed by atoms with Gasteiger partial charge >= 0.3 is 0 Å². The number of aryl methyl sites for hydroxylation is 2. The first-order valence-electron chi connectivity index (χ1n) is 10.7. The van der Waals surface area contributed by atoms with Gasteiger partial charge in [0.2, 0.25) is 0 Å². The Morgan fingerprint density at radius 2 is 1.85 bits per heavy atom. The number of nitrogens with zero attached hydrogens (tertiary/aromatic N) is 5. The first kappa shape index (κ1) is 23.1. The van der Waals surface area contributed by atoms with Crippen LogP contribution in [0.3, 0.4) is 0 Å². The Morgan fingerprint density at radius 1 is 1.18 bits per heavy atom. The molecule has 0 saturated carbocycles. The molecule has 0 spiro atoms. The average molecular weight is 463 g/mol. The minimum atomic E-state index is -0.893. The number of likely N-dealkylation sites (tertiary alicyclic amines) is 1. The van der Waals surface area contributed by atoms with E-state index >= 15 is 0 Å². The number of aliphatic hydroxyl groups is 1. The van der Waals surface area contributed by atoms with Crippen LogP contribution in [0, 0.1) is 24.0 Å². The molecular weight excluding hydrogens is 438 g/mol. The summed E-state index contributed by atoms with van der Waals surface area (Å²) < 4.78 is 1.69. The number of benzene rings is 1. The Kier molecular flexibility index (Phi) is 5.92. The number of nitro groups is 1. The number of ketones is 1. The molecule has 1 fully saturated rings. The Balaban J connectivity index is 1.93. The van der Waals surface area contributed by atoms with Crippen molar-refractivity contribution in [1.82, 2.24) is 19.2 Å². The lowest BCUT2D eigenvalue weighted by molar-refractivity contribution is -0.384. The number of hydrogen-bond acceptors (Lipinski definition) is 7.